The lowest BCUT2D eigenvalue weighted by molar-refractivity contribution is -0.140. The molecule has 2 aliphatic heterocycles. The molecule has 0 radical (unpaired) electrons. The molecule has 0 fully saturated rings. The lowest BCUT2D eigenvalue weighted by Gasteiger charge is -2.29. The topological polar surface area (TPSA) is 117 Å². The summed E-state index contributed by atoms with van der Waals surface area (Å²) in [5.41, 5.74) is 2.31. The third kappa shape index (κ3) is 5.51. The van der Waals surface area contributed by atoms with Gasteiger partial charge < -0.3 is 33.2 Å². The number of methoxy groups -OCH3 is 3. The molecule has 0 amide bonds. The average molecular weight is 538 g/mol. The van der Waals surface area contributed by atoms with Crippen molar-refractivity contribution in [2.75, 3.05) is 41.1 Å². The maximum absolute atomic E-state index is 12.9. The summed E-state index contributed by atoms with van der Waals surface area (Å²) in [6.07, 6.45) is 0.641. The molecule has 3 heterocycles. The van der Waals surface area contributed by atoms with E-state index in [1.165, 1.54) is 18.7 Å². The molecule has 10 nitrogen and oxygen atoms in total. The van der Waals surface area contributed by atoms with Gasteiger partial charge in [-0.2, -0.15) is 0 Å². The number of aromatic hydroxyl groups is 1. The van der Waals surface area contributed by atoms with Crippen LogP contribution < -0.4 is 24.4 Å². The van der Waals surface area contributed by atoms with Gasteiger partial charge in [0, 0.05) is 19.2 Å². The second kappa shape index (κ2) is 11.3. The van der Waals surface area contributed by atoms with E-state index in [0.717, 1.165) is 18.5 Å². The quantitative estimate of drug-likeness (QED) is 0.429. The summed E-state index contributed by atoms with van der Waals surface area (Å²) < 4.78 is 33.2. The van der Waals surface area contributed by atoms with Crippen molar-refractivity contribution in [1.82, 2.24) is 4.90 Å². The minimum Gasteiger partial charge on any atom is -0.502 e. The van der Waals surface area contributed by atoms with Crippen LogP contribution in [0.1, 0.15) is 40.5 Å². The van der Waals surface area contributed by atoms with E-state index in [1.54, 1.807) is 32.4 Å². The van der Waals surface area contributed by atoms with Crippen molar-refractivity contribution < 1.29 is 38.0 Å². The fourth-order valence-corrected chi connectivity index (χ4v) is 5.05. The van der Waals surface area contributed by atoms with Crippen LogP contribution in [-0.4, -0.2) is 57.1 Å². The Morgan fingerprint density at radius 1 is 1.00 bits per heavy atom. The Morgan fingerprint density at radius 3 is 2.44 bits per heavy atom. The average Bonchev–Trinajstić information content (AvgIpc) is 2.96. The zero-order valence-corrected chi connectivity index (χ0v) is 22.2. The highest BCUT2D eigenvalue weighted by molar-refractivity contribution is 5.71. The predicted octanol–water partition coefficient (Wildman–Crippen LogP) is 3.39. The Kier molecular flexibility index (Phi) is 7.65. The highest BCUT2D eigenvalue weighted by atomic mass is 16.6. The Balaban J connectivity index is 1.45. The fourth-order valence-electron chi connectivity index (χ4n) is 5.05. The molecule has 39 heavy (non-hydrogen) atoms. The maximum Gasteiger partial charge on any atom is 0.306 e. The van der Waals surface area contributed by atoms with Crippen LogP contribution in [0.2, 0.25) is 0 Å². The summed E-state index contributed by atoms with van der Waals surface area (Å²) in [6, 6.07) is 10.5. The van der Waals surface area contributed by atoms with Gasteiger partial charge in [0.15, 0.2) is 28.8 Å². The number of ether oxygens (including phenoxy) is 5. The van der Waals surface area contributed by atoms with E-state index in [2.05, 4.69) is 4.90 Å². The first-order chi connectivity index (χ1) is 18.9. The molecule has 0 saturated carbocycles. The van der Waals surface area contributed by atoms with Crippen molar-refractivity contribution in [1.29, 1.82) is 0 Å². The lowest BCUT2D eigenvalue weighted by atomic mass is 9.91. The molecule has 1 N–H and O–H groups in total. The molecule has 206 valence electrons. The van der Waals surface area contributed by atoms with Crippen LogP contribution in [0.5, 0.6) is 28.7 Å². The molecule has 1 atom stereocenters. The van der Waals surface area contributed by atoms with Crippen LogP contribution in [-0.2, 0) is 29.0 Å². The summed E-state index contributed by atoms with van der Waals surface area (Å²) in [7, 11) is 4.50. The molecule has 0 bridgehead atoms. The van der Waals surface area contributed by atoms with Gasteiger partial charge in [0.05, 0.1) is 40.2 Å². The van der Waals surface area contributed by atoms with Crippen LogP contribution in [0.4, 0.5) is 0 Å². The molecule has 0 saturated heterocycles. The van der Waals surface area contributed by atoms with Gasteiger partial charge in [-0.3, -0.25) is 14.5 Å². The number of esters is 1. The van der Waals surface area contributed by atoms with Gasteiger partial charge in [0.25, 0.3) is 0 Å². The van der Waals surface area contributed by atoms with Crippen LogP contribution >= 0.6 is 0 Å². The molecule has 0 spiro atoms. The van der Waals surface area contributed by atoms with E-state index in [9.17, 15) is 14.7 Å². The van der Waals surface area contributed by atoms with Gasteiger partial charge in [-0.1, -0.05) is 6.07 Å². The minimum atomic E-state index is -0.778. The monoisotopic (exact) mass is 537 g/mol. The van der Waals surface area contributed by atoms with Gasteiger partial charge in [0.2, 0.25) is 11.2 Å². The van der Waals surface area contributed by atoms with Crippen LogP contribution in [0.25, 0.3) is 0 Å². The summed E-state index contributed by atoms with van der Waals surface area (Å²) in [5.74, 6) is 0.998. The summed E-state index contributed by atoms with van der Waals surface area (Å²) in [4.78, 5) is 27.4. The largest absolute Gasteiger partial charge is 0.502 e. The molecule has 1 aromatic heterocycles. The predicted molar refractivity (Wildman–Crippen MR) is 140 cm³/mol. The number of nitrogens with zero attached hydrogens (tertiary/aromatic N) is 1. The van der Waals surface area contributed by atoms with Crippen LogP contribution in [0.3, 0.4) is 0 Å². The zero-order chi connectivity index (χ0) is 27.5. The van der Waals surface area contributed by atoms with Crippen molar-refractivity contribution in [3.05, 3.63) is 74.8 Å². The number of benzene rings is 2. The Bertz CT molecular complexity index is 1430. The SMILES string of the molecule is COC(=O)C[C@H](c1ccc2c(c1)OCCO2)c1oc(CN2CCc3cc(OC)c(OC)cc3C2)cc(=O)c1O. The molecular formula is C29H31NO9. The van der Waals surface area contributed by atoms with E-state index in [4.69, 9.17) is 28.1 Å². The summed E-state index contributed by atoms with van der Waals surface area (Å²) in [5, 5.41) is 10.8. The van der Waals surface area contributed by atoms with E-state index in [1.807, 2.05) is 12.1 Å². The van der Waals surface area contributed by atoms with Crippen LogP contribution in [0, 0.1) is 0 Å². The number of hydrogen-bond donors (Lipinski definition) is 1. The van der Waals surface area contributed by atoms with Crippen LogP contribution in [0.15, 0.2) is 45.6 Å². The van der Waals surface area contributed by atoms with Gasteiger partial charge in [-0.05, 0) is 47.4 Å². The van der Waals surface area contributed by atoms with Crippen molar-refractivity contribution >= 4 is 5.97 Å². The van der Waals surface area contributed by atoms with Crippen molar-refractivity contribution in [2.24, 2.45) is 0 Å². The van der Waals surface area contributed by atoms with Gasteiger partial charge in [-0.25, -0.2) is 0 Å². The zero-order valence-electron chi connectivity index (χ0n) is 22.2. The molecule has 0 unspecified atom stereocenters. The van der Waals surface area contributed by atoms with Crippen molar-refractivity contribution in [3.63, 3.8) is 0 Å². The third-order valence-corrected chi connectivity index (χ3v) is 7.06. The molecule has 2 aliphatic rings. The number of fused-ring (bicyclic) bond motifs is 2. The van der Waals surface area contributed by atoms with Crippen molar-refractivity contribution in [3.8, 4) is 28.7 Å². The van der Waals surface area contributed by atoms with E-state index in [0.29, 0.717) is 60.6 Å². The Labute approximate surface area is 225 Å². The molecule has 3 aromatic rings. The smallest absolute Gasteiger partial charge is 0.306 e. The first kappa shape index (κ1) is 26.4. The summed E-state index contributed by atoms with van der Waals surface area (Å²) in [6.45, 7) is 2.52. The first-order valence-electron chi connectivity index (χ1n) is 12.7. The minimum absolute atomic E-state index is 0.00314. The standard InChI is InChI=1S/C29H31NO9/c1-34-24-10-17-6-7-30(15-19(17)12-25(24)35-2)16-20-13-22(31)28(33)29(39-20)21(14-27(32)36-3)18-4-5-23-26(11-18)38-9-8-37-23/h4-5,10-13,21,33H,6-9,14-16H2,1-3H3/t21-/m1/s1. The molecule has 2 aromatic carbocycles. The van der Waals surface area contributed by atoms with Gasteiger partial charge in [0.1, 0.15) is 19.0 Å². The van der Waals surface area contributed by atoms with Gasteiger partial charge in [-0.15, -0.1) is 0 Å². The molecule has 10 heteroatoms. The second-order valence-electron chi connectivity index (χ2n) is 9.46. The maximum atomic E-state index is 12.9. The summed E-state index contributed by atoms with van der Waals surface area (Å²) >= 11 is 0. The highest BCUT2D eigenvalue weighted by Gasteiger charge is 2.29. The number of carbonyl (C=O) groups excluding carboxylic acids is 1. The van der Waals surface area contributed by atoms with E-state index >= 15 is 0 Å². The highest BCUT2D eigenvalue weighted by Crippen LogP contribution is 2.39. The molecular weight excluding hydrogens is 506 g/mol. The van der Waals surface area contributed by atoms with Gasteiger partial charge >= 0.3 is 5.97 Å². The van der Waals surface area contributed by atoms with Crippen molar-refractivity contribution in [2.45, 2.75) is 31.8 Å². The van der Waals surface area contributed by atoms with E-state index < -0.39 is 23.1 Å². The Hall–Kier alpha value is -4.18. The number of rotatable bonds is 8. The number of carbonyl (C=O) groups is 1. The fraction of sp³-hybridized carbons (Fsp3) is 0.379. The second-order valence-corrected chi connectivity index (χ2v) is 9.46. The molecule has 0 aliphatic carbocycles. The first-order valence-corrected chi connectivity index (χ1v) is 12.7. The lowest BCUT2D eigenvalue weighted by Crippen LogP contribution is -2.30. The third-order valence-electron chi connectivity index (χ3n) is 7.06. The van der Waals surface area contributed by atoms with E-state index in [-0.39, 0.29) is 12.2 Å². The molecule has 5 rings (SSSR count). The number of hydrogen-bond acceptors (Lipinski definition) is 10. The Morgan fingerprint density at radius 2 is 1.72 bits per heavy atom. The normalized spacial score (nSPS) is 15.3.